The number of nitrogens with one attached hydrogen (secondary N) is 2. The Morgan fingerprint density at radius 2 is 1.85 bits per heavy atom. The molecule has 20 heavy (non-hydrogen) atoms. The number of benzene rings is 1. The van der Waals surface area contributed by atoms with Crippen molar-refractivity contribution in [2.45, 2.75) is 45.1 Å². The average Bonchev–Trinajstić information content (AvgIpc) is 2.83. The molecule has 110 valence electrons. The summed E-state index contributed by atoms with van der Waals surface area (Å²) in [6, 6.07) is 3.70. The molecule has 5 heteroatoms. The van der Waals surface area contributed by atoms with Gasteiger partial charge in [0.1, 0.15) is 0 Å². The van der Waals surface area contributed by atoms with Crippen molar-refractivity contribution in [1.29, 1.82) is 0 Å². The van der Waals surface area contributed by atoms with Crippen LogP contribution in [-0.2, 0) is 0 Å². The molecule has 1 aliphatic rings. The lowest BCUT2D eigenvalue weighted by Gasteiger charge is -2.28. The molecule has 0 bridgehead atoms. The summed E-state index contributed by atoms with van der Waals surface area (Å²) in [7, 11) is 0. The number of aryl methyl sites for hydroxylation is 2. The van der Waals surface area contributed by atoms with Gasteiger partial charge < -0.3 is 15.7 Å². The molecular weight excluding hydrogens is 320 g/mol. The number of hydrogen-bond acceptors (Lipinski definition) is 2. The second-order valence-electron chi connectivity index (χ2n) is 5.64. The van der Waals surface area contributed by atoms with Crippen molar-refractivity contribution in [3.8, 4) is 0 Å². The normalized spacial score (nSPS) is 17.0. The van der Waals surface area contributed by atoms with E-state index in [4.69, 9.17) is 0 Å². The number of aliphatic hydroxyl groups is 1. The van der Waals surface area contributed by atoms with Crippen LogP contribution < -0.4 is 10.6 Å². The molecule has 4 nitrogen and oxygen atoms in total. The molecule has 3 N–H and O–H groups in total. The van der Waals surface area contributed by atoms with Gasteiger partial charge in [-0.2, -0.15) is 0 Å². The van der Waals surface area contributed by atoms with Gasteiger partial charge in [-0.05, 0) is 49.9 Å². The summed E-state index contributed by atoms with van der Waals surface area (Å²) in [5.74, 6) is 0. The van der Waals surface area contributed by atoms with Gasteiger partial charge in [0.25, 0.3) is 0 Å². The van der Waals surface area contributed by atoms with Crippen molar-refractivity contribution in [2.24, 2.45) is 0 Å². The van der Waals surface area contributed by atoms with Crippen molar-refractivity contribution in [3.05, 3.63) is 27.7 Å². The minimum Gasteiger partial charge on any atom is -0.394 e. The minimum atomic E-state index is -0.443. The van der Waals surface area contributed by atoms with Gasteiger partial charge in [0, 0.05) is 10.2 Å². The fraction of sp³-hybridized carbons (Fsp3) is 0.533. The van der Waals surface area contributed by atoms with Gasteiger partial charge in [0.2, 0.25) is 0 Å². The molecule has 1 aliphatic carbocycles. The fourth-order valence-corrected chi connectivity index (χ4v) is 3.55. The van der Waals surface area contributed by atoms with Crippen LogP contribution in [0.3, 0.4) is 0 Å². The SMILES string of the molecule is Cc1cc(Br)cc(C)c1NC(=O)NC1(CO)CCCC1. The van der Waals surface area contributed by atoms with Crippen LogP contribution in [0.2, 0.25) is 0 Å². The number of carbonyl (C=O) groups excluding carboxylic acids is 1. The topological polar surface area (TPSA) is 61.4 Å². The third-order valence-corrected chi connectivity index (χ3v) is 4.44. The van der Waals surface area contributed by atoms with Gasteiger partial charge in [-0.1, -0.05) is 28.8 Å². The Kier molecular flexibility index (Phi) is 4.70. The first-order valence-corrected chi connectivity index (χ1v) is 7.72. The van der Waals surface area contributed by atoms with Gasteiger partial charge in [-0.25, -0.2) is 4.79 Å². The Morgan fingerprint density at radius 3 is 2.35 bits per heavy atom. The number of anilines is 1. The van der Waals surface area contributed by atoms with E-state index in [0.717, 1.165) is 47.0 Å². The first kappa shape index (κ1) is 15.3. The molecule has 1 aromatic rings. The number of hydrogen-bond donors (Lipinski definition) is 3. The molecule has 1 saturated carbocycles. The highest BCUT2D eigenvalue weighted by Gasteiger charge is 2.34. The summed E-state index contributed by atoms with van der Waals surface area (Å²) >= 11 is 3.44. The summed E-state index contributed by atoms with van der Waals surface area (Å²) < 4.78 is 1.00. The predicted molar refractivity (Wildman–Crippen MR) is 84.1 cm³/mol. The molecule has 0 atom stereocenters. The van der Waals surface area contributed by atoms with E-state index in [2.05, 4.69) is 26.6 Å². The van der Waals surface area contributed by atoms with Crippen LogP contribution in [0.5, 0.6) is 0 Å². The molecule has 1 aromatic carbocycles. The van der Waals surface area contributed by atoms with Gasteiger partial charge >= 0.3 is 6.03 Å². The fourth-order valence-electron chi connectivity index (χ4n) is 2.87. The maximum absolute atomic E-state index is 12.2. The predicted octanol–water partition coefficient (Wildman–Crippen LogP) is 3.49. The van der Waals surface area contributed by atoms with Crippen molar-refractivity contribution in [1.82, 2.24) is 5.32 Å². The van der Waals surface area contributed by atoms with Crippen molar-refractivity contribution < 1.29 is 9.90 Å². The molecule has 2 rings (SSSR count). The zero-order chi connectivity index (χ0) is 14.8. The Morgan fingerprint density at radius 1 is 1.30 bits per heavy atom. The molecule has 0 heterocycles. The van der Waals surface area contributed by atoms with Gasteiger partial charge in [-0.3, -0.25) is 0 Å². The Balaban J connectivity index is 2.08. The number of amides is 2. The van der Waals surface area contributed by atoms with Crippen LogP contribution in [0, 0.1) is 13.8 Å². The molecule has 0 spiro atoms. The first-order chi connectivity index (χ1) is 9.46. The molecule has 0 radical (unpaired) electrons. The number of rotatable bonds is 3. The van der Waals surface area contributed by atoms with Crippen LogP contribution in [0.25, 0.3) is 0 Å². The lowest BCUT2D eigenvalue weighted by molar-refractivity contribution is 0.167. The monoisotopic (exact) mass is 340 g/mol. The van der Waals surface area contributed by atoms with Crippen molar-refractivity contribution in [3.63, 3.8) is 0 Å². The Labute approximate surface area is 128 Å². The third-order valence-electron chi connectivity index (χ3n) is 3.98. The Hall–Kier alpha value is -1.07. The number of aliphatic hydroxyl groups excluding tert-OH is 1. The highest BCUT2D eigenvalue weighted by Crippen LogP contribution is 2.30. The molecule has 0 aliphatic heterocycles. The maximum atomic E-state index is 12.2. The first-order valence-electron chi connectivity index (χ1n) is 6.92. The lowest BCUT2D eigenvalue weighted by Crippen LogP contribution is -2.50. The molecule has 2 amide bonds. The van der Waals surface area contributed by atoms with E-state index in [1.54, 1.807) is 0 Å². The van der Waals surface area contributed by atoms with Gasteiger partial charge in [0.15, 0.2) is 0 Å². The highest BCUT2D eigenvalue weighted by atomic mass is 79.9. The third kappa shape index (κ3) is 3.33. The number of halogens is 1. The molecule has 0 saturated heterocycles. The maximum Gasteiger partial charge on any atom is 0.319 e. The van der Waals surface area contributed by atoms with E-state index in [1.165, 1.54) is 0 Å². The highest BCUT2D eigenvalue weighted by molar-refractivity contribution is 9.10. The summed E-state index contributed by atoms with van der Waals surface area (Å²) in [6.45, 7) is 3.92. The van der Waals surface area contributed by atoms with Gasteiger partial charge in [-0.15, -0.1) is 0 Å². The second-order valence-corrected chi connectivity index (χ2v) is 6.55. The van der Waals surface area contributed by atoms with Crippen molar-refractivity contribution in [2.75, 3.05) is 11.9 Å². The summed E-state index contributed by atoms with van der Waals surface area (Å²) in [5, 5.41) is 15.4. The van der Waals surface area contributed by atoms with Crippen LogP contribution in [0.15, 0.2) is 16.6 Å². The van der Waals surface area contributed by atoms with Gasteiger partial charge in [0.05, 0.1) is 12.1 Å². The van der Waals surface area contributed by atoms with Crippen LogP contribution in [-0.4, -0.2) is 23.3 Å². The number of carbonyl (C=O) groups is 1. The summed E-state index contributed by atoms with van der Waals surface area (Å²) in [5.41, 5.74) is 2.41. The quantitative estimate of drug-likeness (QED) is 0.788. The van der Waals surface area contributed by atoms with Crippen molar-refractivity contribution >= 4 is 27.6 Å². The largest absolute Gasteiger partial charge is 0.394 e. The van der Waals surface area contributed by atoms with E-state index >= 15 is 0 Å². The smallest absolute Gasteiger partial charge is 0.319 e. The van der Waals surface area contributed by atoms with E-state index in [1.807, 2.05) is 26.0 Å². The van der Waals surface area contributed by atoms with Crippen LogP contribution >= 0.6 is 15.9 Å². The second kappa shape index (κ2) is 6.14. The summed E-state index contributed by atoms with van der Waals surface area (Å²) in [6.07, 6.45) is 3.79. The van der Waals surface area contributed by atoms with E-state index in [-0.39, 0.29) is 12.6 Å². The molecule has 1 fully saturated rings. The number of urea groups is 1. The van der Waals surface area contributed by atoms with E-state index in [0.29, 0.717) is 0 Å². The molecule has 0 aromatic heterocycles. The Bertz CT molecular complexity index is 488. The zero-order valence-corrected chi connectivity index (χ0v) is 13.5. The zero-order valence-electron chi connectivity index (χ0n) is 11.9. The van der Waals surface area contributed by atoms with E-state index < -0.39 is 5.54 Å². The lowest BCUT2D eigenvalue weighted by atomic mass is 9.99. The van der Waals surface area contributed by atoms with Crippen LogP contribution in [0.1, 0.15) is 36.8 Å². The average molecular weight is 341 g/mol. The standard InChI is InChI=1S/C15H21BrN2O2/c1-10-7-12(16)8-11(2)13(10)17-14(20)18-15(9-19)5-3-4-6-15/h7-8,19H,3-6,9H2,1-2H3,(H2,17,18,20). The minimum absolute atomic E-state index is 0.00127. The summed E-state index contributed by atoms with van der Waals surface area (Å²) in [4.78, 5) is 12.2. The molecule has 0 unspecified atom stereocenters. The molecular formula is C15H21BrN2O2. The van der Waals surface area contributed by atoms with Crippen LogP contribution in [0.4, 0.5) is 10.5 Å². The van der Waals surface area contributed by atoms with E-state index in [9.17, 15) is 9.90 Å².